The Morgan fingerprint density at radius 1 is 1.00 bits per heavy atom. The van der Waals surface area contributed by atoms with E-state index >= 15 is 0 Å². The van der Waals surface area contributed by atoms with Crippen molar-refractivity contribution < 1.29 is 9.59 Å². The quantitative estimate of drug-likeness (QED) is 0.728. The van der Waals surface area contributed by atoms with Gasteiger partial charge in [-0.05, 0) is 24.3 Å². The lowest BCUT2D eigenvalue weighted by Gasteiger charge is -2.28. The lowest BCUT2D eigenvalue weighted by atomic mass is 9.76. The van der Waals surface area contributed by atoms with Gasteiger partial charge in [0.25, 0.3) is 0 Å². The van der Waals surface area contributed by atoms with Crippen molar-refractivity contribution in [3.63, 3.8) is 0 Å². The summed E-state index contributed by atoms with van der Waals surface area (Å²) in [4.78, 5) is 21.6. The second-order valence-electron chi connectivity index (χ2n) is 4.48. The van der Waals surface area contributed by atoms with Gasteiger partial charge in [0.1, 0.15) is 12.6 Å². The highest BCUT2D eigenvalue weighted by Gasteiger charge is 2.25. The van der Waals surface area contributed by atoms with Crippen LogP contribution in [0.4, 0.5) is 0 Å². The van der Waals surface area contributed by atoms with Crippen molar-refractivity contribution in [2.75, 3.05) is 0 Å². The molecular formula is C14H16O2. The van der Waals surface area contributed by atoms with Crippen LogP contribution in [-0.4, -0.2) is 12.6 Å². The Hall–Kier alpha value is -1.44. The molecule has 0 amide bonds. The number of aldehydes is 2. The molecule has 2 nitrogen and oxygen atoms in total. The first-order chi connectivity index (χ1) is 7.85. The van der Waals surface area contributed by atoms with E-state index in [9.17, 15) is 9.59 Å². The van der Waals surface area contributed by atoms with E-state index in [0.717, 1.165) is 31.8 Å². The molecule has 2 heteroatoms. The summed E-state index contributed by atoms with van der Waals surface area (Å²) in [7, 11) is 0. The predicted molar refractivity (Wildman–Crippen MR) is 62.6 cm³/mol. The van der Waals surface area contributed by atoms with Crippen molar-refractivity contribution in [2.45, 2.75) is 31.6 Å². The van der Waals surface area contributed by atoms with Gasteiger partial charge in [0.05, 0.1) is 0 Å². The Morgan fingerprint density at radius 2 is 1.69 bits per heavy atom. The van der Waals surface area contributed by atoms with Crippen LogP contribution in [-0.2, 0) is 4.79 Å². The second-order valence-corrected chi connectivity index (χ2v) is 4.48. The number of benzene rings is 1. The first-order valence-corrected chi connectivity index (χ1v) is 5.85. The Labute approximate surface area is 95.7 Å². The van der Waals surface area contributed by atoms with Gasteiger partial charge in [-0.2, -0.15) is 0 Å². The summed E-state index contributed by atoms with van der Waals surface area (Å²) in [6, 6.07) is 7.63. The third-order valence-corrected chi connectivity index (χ3v) is 3.49. The van der Waals surface area contributed by atoms with Gasteiger partial charge in [-0.15, -0.1) is 0 Å². The fraction of sp³-hybridized carbons (Fsp3) is 0.429. The third kappa shape index (κ3) is 2.21. The molecule has 2 atom stereocenters. The first-order valence-electron chi connectivity index (χ1n) is 5.85. The van der Waals surface area contributed by atoms with Gasteiger partial charge in [-0.3, -0.25) is 4.79 Å². The Bertz CT molecular complexity index is 367. The molecule has 84 valence electrons. The molecule has 0 N–H and O–H groups in total. The summed E-state index contributed by atoms with van der Waals surface area (Å²) < 4.78 is 0. The molecule has 0 heterocycles. The summed E-state index contributed by atoms with van der Waals surface area (Å²) in [5, 5.41) is 0. The summed E-state index contributed by atoms with van der Waals surface area (Å²) >= 11 is 0. The van der Waals surface area contributed by atoms with E-state index in [1.54, 1.807) is 0 Å². The molecule has 1 aromatic rings. The van der Waals surface area contributed by atoms with Crippen LogP contribution in [0.3, 0.4) is 0 Å². The number of rotatable bonds is 3. The average Bonchev–Trinajstić information content (AvgIpc) is 2.39. The molecule has 0 spiro atoms. The molecule has 0 radical (unpaired) electrons. The van der Waals surface area contributed by atoms with Crippen molar-refractivity contribution in [1.82, 2.24) is 0 Å². The average molecular weight is 216 g/mol. The Kier molecular flexibility index (Phi) is 3.50. The molecule has 16 heavy (non-hydrogen) atoms. The molecule has 1 aliphatic rings. The fourth-order valence-corrected chi connectivity index (χ4v) is 2.56. The standard InChI is InChI=1S/C14H16O2/c15-9-11-5-7-12(8-6-11)14-4-2-1-3-13(14)10-16/h5-10,13-14H,1-4H2. The third-order valence-electron chi connectivity index (χ3n) is 3.49. The minimum absolute atomic E-state index is 0.163. The fourth-order valence-electron chi connectivity index (χ4n) is 2.56. The normalized spacial score (nSPS) is 25.0. The molecule has 2 rings (SSSR count). The van der Waals surface area contributed by atoms with Crippen molar-refractivity contribution in [3.8, 4) is 0 Å². The molecular weight excluding hydrogens is 200 g/mol. The van der Waals surface area contributed by atoms with Gasteiger partial charge >= 0.3 is 0 Å². The topological polar surface area (TPSA) is 34.1 Å². The van der Waals surface area contributed by atoms with Crippen LogP contribution >= 0.6 is 0 Å². The van der Waals surface area contributed by atoms with Crippen LogP contribution in [0.15, 0.2) is 24.3 Å². The summed E-state index contributed by atoms with van der Waals surface area (Å²) in [5.74, 6) is 0.516. The lowest BCUT2D eigenvalue weighted by Crippen LogP contribution is -2.18. The van der Waals surface area contributed by atoms with Crippen LogP contribution < -0.4 is 0 Å². The van der Waals surface area contributed by atoms with Gasteiger partial charge in [0.15, 0.2) is 0 Å². The first kappa shape index (κ1) is 11.1. The van der Waals surface area contributed by atoms with Gasteiger partial charge < -0.3 is 4.79 Å². The highest BCUT2D eigenvalue weighted by Crippen LogP contribution is 2.36. The van der Waals surface area contributed by atoms with Crippen molar-refractivity contribution >= 4 is 12.6 Å². The molecule has 1 saturated carbocycles. The maximum Gasteiger partial charge on any atom is 0.150 e. The number of hydrogen-bond acceptors (Lipinski definition) is 2. The molecule has 0 aliphatic heterocycles. The van der Waals surface area contributed by atoms with E-state index in [0.29, 0.717) is 11.5 Å². The van der Waals surface area contributed by atoms with E-state index in [4.69, 9.17) is 0 Å². The van der Waals surface area contributed by atoms with E-state index in [1.807, 2.05) is 24.3 Å². The van der Waals surface area contributed by atoms with Gasteiger partial charge in [0, 0.05) is 11.5 Å². The summed E-state index contributed by atoms with van der Waals surface area (Å²) in [6.07, 6.45) is 6.39. The maximum atomic E-state index is 11.0. The van der Waals surface area contributed by atoms with Crippen molar-refractivity contribution in [2.24, 2.45) is 5.92 Å². The van der Waals surface area contributed by atoms with E-state index in [1.165, 1.54) is 12.0 Å². The van der Waals surface area contributed by atoms with E-state index in [2.05, 4.69) is 0 Å². The number of carbonyl (C=O) groups is 2. The van der Waals surface area contributed by atoms with Gasteiger partial charge in [0.2, 0.25) is 0 Å². The van der Waals surface area contributed by atoms with Crippen molar-refractivity contribution in [1.29, 1.82) is 0 Å². The maximum absolute atomic E-state index is 11.0. The monoisotopic (exact) mass is 216 g/mol. The number of carbonyl (C=O) groups excluding carboxylic acids is 2. The van der Waals surface area contributed by atoms with Gasteiger partial charge in [-0.1, -0.05) is 37.1 Å². The summed E-state index contributed by atoms with van der Waals surface area (Å²) in [5.41, 5.74) is 1.89. The molecule has 0 bridgehead atoms. The zero-order chi connectivity index (χ0) is 11.4. The largest absolute Gasteiger partial charge is 0.303 e. The van der Waals surface area contributed by atoms with E-state index in [-0.39, 0.29) is 5.92 Å². The van der Waals surface area contributed by atoms with Crippen LogP contribution in [0.1, 0.15) is 47.5 Å². The van der Waals surface area contributed by atoms with Crippen LogP contribution in [0, 0.1) is 5.92 Å². The molecule has 1 aromatic carbocycles. The smallest absolute Gasteiger partial charge is 0.150 e. The highest BCUT2D eigenvalue weighted by atomic mass is 16.1. The number of hydrogen-bond donors (Lipinski definition) is 0. The van der Waals surface area contributed by atoms with Crippen LogP contribution in [0.5, 0.6) is 0 Å². The predicted octanol–water partition coefficient (Wildman–Crippen LogP) is 2.97. The molecule has 0 aromatic heterocycles. The molecule has 1 fully saturated rings. The minimum atomic E-state index is 0.163. The van der Waals surface area contributed by atoms with E-state index < -0.39 is 0 Å². The SMILES string of the molecule is O=Cc1ccc(C2CCCCC2C=O)cc1. The Balaban J connectivity index is 2.20. The molecule has 2 unspecified atom stereocenters. The van der Waals surface area contributed by atoms with Gasteiger partial charge in [-0.25, -0.2) is 0 Å². The van der Waals surface area contributed by atoms with Crippen molar-refractivity contribution in [3.05, 3.63) is 35.4 Å². The molecule has 0 saturated heterocycles. The van der Waals surface area contributed by atoms with Crippen LogP contribution in [0.2, 0.25) is 0 Å². The summed E-state index contributed by atoms with van der Waals surface area (Å²) in [6.45, 7) is 0. The lowest BCUT2D eigenvalue weighted by molar-refractivity contribution is -0.112. The second kappa shape index (κ2) is 5.06. The Morgan fingerprint density at radius 3 is 2.31 bits per heavy atom. The highest BCUT2D eigenvalue weighted by molar-refractivity contribution is 5.74. The zero-order valence-electron chi connectivity index (χ0n) is 9.26. The molecule has 1 aliphatic carbocycles. The minimum Gasteiger partial charge on any atom is -0.303 e. The zero-order valence-corrected chi connectivity index (χ0v) is 9.26. The van der Waals surface area contributed by atoms with Crippen LogP contribution in [0.25, 0.3) is 0 Å².